The van der Waals surface area contributed by atoms with Crippen LogP contribution in [-0.4, -0.2) is 46.9 Å². The molecule has 1 fully saturated rings. The summed E-state index contributed by atoms with van der Waals surface area (Å²) >= 11 is 5.23. The zero-order valence-electron chi connectivity index (χ0n) is 20.9. The first kappa shape index (κ1) is 25.4. The largest absolute Gasteiger partial charge is 0.389 e. The molecule has 10 heteroatoms. The van der Waals surface area contributed by atoms with Crippen molar-refractivity contribution in [1.29, 1.82) is 0 Å². The van der Waals surface area contributed by atoms with E-state index < -0.39 is 11.0 Å². The van der Waals surface area contributed by atoms with Crippen LogP contribution in [0.2, 0.25) is 0 Å². The third-order valence-corrected chi connectivity index (χ3v) is 8.90. The van der Waals surface area contributed by atoms with Gasteiger partial charge < -0.3 is 26.3 Å². The van der Waals surface area contributed by atoms with Gasteiger partial charge in [-0.3, -0.25) is 0 Å². The Morgan fingerprint density at radius 2 is 2.05 bits per heavy atom. The summed E-state index contributed by atoms with van der Waals surface area (Å²) in [5, 5.41) is 4.50. The van der Waals surface area contributed by atoms with E-state index >= 15 is 0 Å². The molecule has 5 rings (SSSR count). The number of fused-ring (bicyclic) bond motifs is 1. The van der Waals surface area contributed by atoms with Crippen LogP contribution >= 0.6 is 12.2 Å². The molecule has 8 nitrogen and oxygen atoms in total. The summed E-state index contributed by atoms with van der Waals surface area (Å²) in [6.07, 6.45) is 6.69. The summed E-state index contributed by atoms with van der Waals surface area (Å²) in [6.45, 7) is 4.36. The highest BCUT2D eigenvalue weighted by molar-refractivity contribution is 7.82. The van der Waals surface area contributed by atoms with Crippen LogP contribution in [0.3, 0.4) is 0 Å². The molecule has 0 bridgehead atoms. The third kappa shape index (κ3) is 5.41. The minimum atomic E-state index is -0.887. The van der Waals surface area contributed by atoms with E-state index in [0.29, 0.717) is 29.2 Å². The summed E-state index contributed by atoms with van der Waals surface area (Å²) < 4.78 is 17.1. The standard InChI is InChI=1S/C27H33N7OS2/c1-2-12-37(35)33-10-8-21(9-11-33)34-16-23(19-4-3-5-20(14-19)26(29)36)22-7-6-18(13-24(22)34)15-30-27-25(28)31-17-32-27/h3-7,13-14,16-17,21,30H,2,8-12,15,28H2,1H3,(H2,29,36)(H,31,32). The molecule has 1 atom stereocenters. The normalized spacial score (nSPS) is 15.7. The van der Waals surface area contributed by atoms with E-state index in [0.717, 1.165) is 60.4 Å². The van der Waals surface area contributed by atoms with Gasteiger partial charge in [-0.1, -0.05) is 49.5 Å². The molecule has 0 spiro atoms. The summed E-state index contributed by atoms with van der Waals surface area (Å²) in [7, 11) is -0.887. The van der Waals surface area contributed by atoms with E-state index in [1.807, 2.05) is 12.1 Å². The van der Waals surface area contributed by atoms with Crippen LogP contribution in [0.4, 0.5) is 11.6 Å². The van der Waals surface area contributed by atoms with Gasteiger partial charge in [0.1, 0.15) is 10.8 Å². The van der Waals surface area contributed by atoms with Gasteiger partial charge in [0.15, 0.2) is 5.82 Å². The van der Waals surface area contributed by atoms with Crippen LogP contribution in [-0.2, 0) is 17.5 Å². The average Bonchev–Trinajstić information content (AvgIpc) is 3.50. The number of nitrogen functional groups attached to an aromatic ring is 1. The minimum Gasteiger partial charge on any atom is -0.389 e. The number of nitrogens with one attached hydrogen (secondary N) is 2. The van der Waals surface area contributed by atoms with E-state index in [9.17, 15) is 4.21 Å². The number of nitrogens with two attached hydrogens (primary N) is 2. The Labute approximate surface area is 225 Å². The molecule has 2 aromatic carbocycles. The van der Waals surface area contributed by atoms with Crippen molar-refractivity contribution in [2.45, 2.75) is 38.8 Å². The highest BCUT2D eigenvalue weighted by Gasteiger charge is 2.25. The van der Waals surface area contributed by atoms with Crippen molar-refractivity contribution >= 4 is 50.7 Å². The Morgan fingerprint density at radius 3 is 2.76 bits per heavy atom. The van der Waals surface area contributed by atoms with E-state index in [-0.39, 0.29) is 0 Å². The molecule has 194 valence electrons. The monoisotopic (exact) mass is 535 g/mol. The summed E-state index contributed by atoms with van der Waals surface area (Å²) in [4.78, 5) is 7.53. The first-order valence-electron chi connectivity index (χ1n) is 12.6. The maximum atomic E-state index is 12.6. The van der Waals surface area contributed by atoms with Crippen LogP contribution in [0.5, 0.6) is 0 Å². The molecule has 1 aliphatic rings. The van der Waals surface area contributed by atoms with Crippen molar-refractivity contribution in [3.8, 4) is 11.1 Å². The third-order valence-electron chi connectivity index (χ3n) is 6.97. The van der Waals surface area contributed by atoms with Gasteiger partial charge in [-0.05, 0) is 42.5 Å². The van der Waals surface area contributed by atoms with Gasteiger partial charge in [0.05, 0.1) is 17.3 Å². The predicted octanol–water partition coefficient (Wildman–Crippen LogP) is 4.57. The summed E-state index contributed by atoms with van der Waals surface area (Å²) in [6, 6.07) is 15.0. The Bertz CT molecular complexity index is 1440. The molecular formula is C27H33N7OS2. The Morgan fingerprint density at radius 1 is 1.24 bits per heavy atom. The number of hydrogen-bond acceptors (Lipinski definition) is 5. The lowest BCUT2D eigenvalue weighted by atomic mass is 10.0. The fourth-order valence-electron chi connectivity index (χ4n) is 5.04. The van der Waals surface area contributed by atoms with Crippen LogP contribution in [0.1, 0.15) is 43.4 Å². The van der Waals surface area contributed by atoms with Crippen molar-refractivity contribution in [2.24, 2.45) is 5.73 Å². The van der Waals surface area contributed by atoms with E-state index in [1.54, 1.807) is 6.33 Å². The fraction of sp³-hybridized carbons (Fsp3) is 0.333. The van der Waals surface area contributed by atoms with Gasteiger partial charge >= 0.3 is 0 Å². The van der Waals surface area contributed by atoms with Crippen molar-refractivity contribution in [2.75, 3.05) is 29.9 Å². The summed E-state index contributed by atoms with van der Waals surface area (Å²) in [5.74, 6) is 1.91. The van der Waals surface area contributed by atoms with Crippen LogP contribution in [0, 0.1) is 0 Å². The molecule has 0 saturated carbocycles. The van der Waals surface area contributed by atoms with Crippen LogP contribution in [0.25, 0.3) is 22.0 Å². The van der Waals surface area contributed by atoms with Crippen LogP contribution in [0.15, 0.2) is 55.0 Å². The number of piperidine rings is 1. The molecule has 37 heavy (non-hydrogen) atoms. The van der Waals surface area contributed by atoms with Crippen molar-refractivity contribution in [3.63, 3.8) is 0 Å². The Balaban J connectivity index is 1.49. The molecule has 3 heterocycles. The van der Waals surface area contributed by atoms with Crippen molar-refractivity contribution in [3.05, 3.63) is 66.1 Å². The maximum absolute atomic E-state index is 12.6. The number of aromatic nitrogens is 3. The minimum absolute atomic E-state index is 0.329. The van der Waals surface area contributed by atoms with E-state index in [4.69, 9.17) is 23.7 Å². The van der Waals surface area contributed by atoms with Crippen molar-refractivity contribution < 1.29 is 4.21 Å². The molecule has 0 amide bonds. The summed E-state index contributed by atoms with van der Waals surface area (Å²) in [5.41, 5.74) is 17.3. The quantitative estimate of drug-likeness (QED) is 0.233. The zero-order valence-corrected chi connectivity index (χ0v) is 22.6. The number of anilines is 2. The van der Waals surface area contributed by atoms with Gasteiger partial charge in [0.25, 0.3) is 0 Å². The molecular weight excluding hydrogens is 502 g/mol. The van der Waals surface area contributed by atoms with E-state index in [2.05, 4.69) is 67.6 Å². The molecule has 1 aliphatic heterocycles. The number of imidazole rings is 1. The average molecular weight is 536 g/mol. The number of rotatable bonds is 9. The van der Waals surface area contributed by atoms with Gasteiger partial charge in [0, 0.05) is 59.7 Å². The lowest BCUT2D eigenvalue weighted by Gasteiger charge is -2.32. The van der Waals surface area contributed by atoms with Gasteiger partial charge in [-0.15, -0.1) is 0 Å². The second-order valence-corrected chi connectivity index (χ2v) is 11.5. The Kier molecular flexibility index (Phi) is 7.59. The van der Waals surface area contributed by atoms with Gasteiger partial charge in [-0.25, -0.2) is 13.5 Å². The molecule has 1 saturated heterocycles. The highest BCUT2D eigenvalue weighted by atomic mass is 32.2. The molecule has 6 N–H and O–H groups in total. The number of H-pyrrole nitrogens is 1. The first-order valence-corrected chi connectivity index (χ1v) is 14.3. The zero-order chi connectivity index (χ0) is 25.9. The lowest BCUT2D eigenvalue weighted by molar-refractivity contribution is 0.287. The van der Waals surface area contributed by atoms with Gasteiger partial charge in [-0.2, -0.15) is 0 Å². The second-order valence-electron chi connectivity index (χ2n) is 9.45. The number of benzene rings is 2. The molecule has 0 aliphatic carbocycles. The Hall–Kier alpha value is -3.21. The molecule has 2 aromatic heterocycles. The predicted molar refractivity (Wildman–Crippen MR) is 157 cm³/mol. The molecule has 4 aromatic rings. The topological polar surface area (TPSA) is 118 Å². The lowest BCUT2D eigenvalue weighted by Crippen LogP contribution is -2.36. The number of thiocarbonyl (C=S) groups is 1. The highest BCUT2D eigenvalue weighted by Crippen LogP contribution is 2.36. The number of hydrogen-bond donors (Lipinski definition) is 4. The first-order chi connectivity index (χ1) is 17.9. The number of aromatic amines is 1. The van der Waals surface area contributed by atoms with Gasteiger partial charge in [0.2, 0.25) is 0 Å². The second kappa shape index (κ2) is 11.0. The SMILES string of the molecule is CCCS(=O)N1CCC(n2cc(-c3cccc(C(N)=S)c3)c3ccc(CNc4nc[nH]c4N)cc32)CC1. The smallest absolute Gasteiger partial charge is 0.168 e. The maximum Gasteiger partial charge on any atom is 0.168 e. The van der Waals surface area contributed by atoms with Crippen LogP contribution < -0.4 is 16.8 Å². The number of nitrogens with zero attached hydrogens (tertiary/aromatic N) is 3. The molecule has 1 unspecified atom stereocenters. The van der Waals surface area contributed by atoms with Crippen molar-refractivity contribution in [1.82, 2.24) is 18.8 Å². The fourth-order valence-corrected chi connectivity index (χ4v) is 6.39. The molecule has 0 radical (unpaired) electrons. The van der Waals surface area contributed by atoms with E-state index in [1.165, 1.54) is 10.9 Å².